The topological polar surface area (TPSA) is 47.0 Å². The molecule has 1 saturated heterocycles. The molecular weight excluding hydrogens is 250 g/mol. The Labute approximate surface area is 119 Å². The third kappa shape index (κ3) is 3.21. The minimum atomic E-state index is 0.178. The van der Waals surface area contributed by atoms with E-state index in [1.54, 1.807) is 0 Å². The zero-order valence-electron chi connectivity index (χ0n) is 11.7. The number of hydrogen-bond donors (Lipinski definition) is 1. The Bertz CT molecular complexity index is 545. The minimum Gasteiger partial charge on any atom is -0.371 e. The van der Waals surface area contributed by atoms with E-state index in [4.69, 9.17) is 4.74 Å². The monoisotopic (exact) mass is 269 g/mol. The molecule has 104 valence electrons. The van der Waals surface area contributed by atoms with Gasteiger partial charge in [0.05, 0.1) is 24.1 Å². The number of rotatable bonds is 3. The van der Waals surface area contributed by atoms with Crippen molar-refractivity contribution < 1.29 is 4.74 Å². The van der Waals surface area contributed by atoms with Crippen molar-refractivity contribution in [2.24, 2.45) is 0 Å². The predicted octanol–water partition coefficient (Wildman–Crippen LogP) is 2.04. The van der Waals surface area contributed by atoms with Crippen molar-refractivity contribution in [1.29, 1.82) is 0 Å². The van der Waals surface area contributed by atoms with Crippen LogP contribution in [0.4, 0.5) is 0 Å². The van der Waals surface area contributed by atoms with Gasteiger partial charge in [0.15, 0.2) is 0 Å². The van der Waals surface area contributed by atoms with Gasteiger partial charge < -0.3 is 10.1 Å². The van der Waals surface area contributed by atoms with Crippen molar-refractivity contribution in [1.82, 2.24) is 15.5 Å². The zero-order valence-corrected chi connectivity index (χ0v) is 11.7. The van der Waals surface area contributed by atoms with E-state index < -0.39 is 0 Å². The first kappa shape index (κ1) is 13.2. The van der Waals surface area contributed by atoms with Gasteiger partial charge in [-0.25, -0.2) is 0 Å². The molecule has 2 heterocycles. The Hall–Kier alpha value is -1.78. The molecule has 0 amide bonds. The first-order chi connectivity index (χ1) is 9.81. The summed E-state index contributed by atoms with van der Waals surface area (Å²) < 4.78 is 5.75. The molecule has 1 atom stereocenters. The van der Waals surface area contributed by atoms with Crippen LogP contribution in [0.2, 0.25) is 0 Å². The van der Waals surface area contributed by atoms with Crippen molar-refractivity contribution in [3.8, 4) is 0 Å². The van der Waals surface area contributed by atoms with Gasteiger partial charge in [0.1, 0.15) is 0 Å². The second-order valence-corrected chi connectivity index (χ2v) is 5.15. The maximum absolute atomic E-state index is 5.75. The molecule has 1 aromatic carbocycles. The fourth-order valence-corrected chi connectivity index (χ4v) is 2.36. The number of morpholine rings is 1. The molecule has 0 spiro atoms. The minimum absolute atomic E-state index is 0.178. The van der Waals surface area contributed by atoms with E-state index >= 15 is 0 Å². The molecule has 2 aromatic rings. The summed E-state index contributed by atoms with van der Waals surface area (Å²) in [6.07, 6.45) is 0.995. The van der Waals surface area contributed by atoms with E-state index in [0.717, 1.165) is 37.5 Å². The molecule has 3 rings (SSSR count). The Morgan fingerprint density at radius 2 is 2.00 bits per heavy atom. The number of ether oxygens (including phenoxy) is 1. The molecular formula is C16H19N3O. The molecule has 1 aliphatic heterocycles. The SMILES string of the molecule is Cc1ccc(Cc2ccc([C@H]3CNCCO3)cc2)nn1. The third-order valence-electron chi connectivity index (χ3n) is 3.52. The summed E-state index contributed by atoms with van der Waals surface area (Å²) in [7, 11) is 0. The highest BCUT2D eigenvalue weighted by atomic mass is 16.5. The molecule has 4 nitrogen and oxygen atoms in total. The van der Waals surface area contributed by atoms with Crippen molar-refractivity contribution in [3.05, 3.63) is 58.9 Å². The summed E-state index contributed by atoms with van der Waals surface area (Å²) >= 11 is 0. The van der Waals surface area contributed by atoms with Gasteiger partial charge in [0.2, 0.25) is 0 Å². The van der Waals surface area contributed by atoms with E-state index in [9.17, 15) is 0 Å². The molecule has 0 aliphatic carbocycles. The molecule has 1 fully saturated rings. The Morgan fingerprint density at radius 1 is 1.15 bits per heavy atom. The largest absolute Gasteiger partial charge is 0.371 e. The van der Waals surface area contributed by atoms with Crippen LogP contribution in [0, 0.1) is 6.92 Å². The molecule has 1 N–H and O–H groups in total. The first-order valence-corrected chi connectivity index (χ1v) is 7.01. The normalized spacial score (nSPS) is 18.9. The second-order valence-electron chi connectivity index (χ2n) is 5.15. The highest BCUT2D eigenvalue weighted by Crippen LogP contribution is 2.19. The standard InChI is InChI=1S/C16H19N3O/c1-12-2-7-15(19-18-12)10-13-3-5-14(6-4-13)16-11-17-8-9-20-16/h2-7,16-17H,8-11H2,1H3/t16-/m1/s1. The quantitative estimate of drug-likeness (QED) is 0.926. The summed E-state index contributed by atoms with van der Waals surface area (Å²) in [6.45, 7) is 4.57. The fraction of sp³-hybridized carbons (Fsp3) is 0.375. The van der Waals surface area contributed by atoms with Gasteiger partial charge in [-0.1, -0.05) is 24.3 Å². The Morgan fingerprint density at radius 3 is 2.65 bits per heavy atom. The molecule has 1 aliphatic rings. The van der Waals surface area contributed by atoms with Crippen LogP contribution in [-0.4, -0.2) is 29.9 Å². The number of nitrogens with one attached hydrogen (secondary N) is 1. The van der Waals surface area contributed by atoms with Gasteiger partial charge in [-0.05, 0) is 30.2 Å². The van der Waals surface area contributed by atoms with Gasteiger partial charge in [-0.2, -0.15) is 10.2 Å². The van der Waals surface area contributed by atoms with E-state index in [1.165, 1.54) is 11.1 Å². The lowest BCUT2D eigenvalue weighted by molar-refractivity contribution is 0.0277. The van der Waals surface area contributed by atoms with E-state index in [1.807, 2.05) is 19.1 Å². The van der Waals surface area contributed by atoms with Crippen molar-refractivity contribution in [2.45, 2.75) is 19.4 Å². The number of aromatic nitrogens is 2. The van der Waals surface area contributed by atoms with Crippen molar-refractivity contribution in [3.63, 3.8) is 0 Å². The summed E-state index contributed by atoms with van der Waals surface area (Å²) in [5, 5.41) is 11.6. The second kappa shape index (κ2) is 6.11. The average Bonchev–Trinajstić information content (AvgIpc) is 2.51. The third-order valence-corrected chi connectivity index (χ3v) is 3.52. The van der Waals surface area contributed by atoms with Gasteiger partial charge in [0, 0.05) is 19.5 Å². The maximum Gasteiger partial charge on any atom is 0.0949 e. The number of hydrogen-bond acceptors (Lipinski definition) is 4. The van der Waals surface area contributed by atoms with Gasteiger partial charge in [-0.15, -0.1) is 0 Å². The smallest absolute Gasteiger partial charge is 0.0949 e. The van der Waals surface area contributed by atoms with Gasteiger partial charge in [-0.3, -0.25) is 0 Å². The van der Waals surface area contributed by atoms with E-state index in [-0.39, 0.29) is 6.10 Å². The van der Waals surface area contributed by atoms with Crippen LogP contribution in [0.15, 0.2) is 36.4 Å². The van der Waals surface area contributed by atoms with Crippen LogP contribution in [0.25, 0.3) is 0 Å². The predicted molar refractivity (Wildman–Crippen MR) is 77.6 cm³/mol. The van der Waals surface area contributed by atoms with Crippen LogP contribution in [0.5, 0.6) is 0 Å². The van der Waals surface area contributed by atoms with Gasteiger partial charge in [0.25, 0.3) is 0 Å². The highest BCUT2D eigenvalue weighted by molar-refractivity contribution is 5.27. The van der Waals surface area contributed by atoms with E-state index in [0.29, 0.717) is 0 Å². The molecule has 20 heavy (non-hydrogen) atoms. The summed E-state index contributed by atoms with van der Waals surface area (Å²) in [5.74, 6) is 0. The summed E-state index contributed by atoms with van der Waals surface area (Å²) in [5.41, 5.74) is 4.43. The zero-order chi connectivity index (χ0) is 13.8. The van der Waals surface area contributed by atoms with E-state index in [2.05, 4.69) is 39.8 Å². The van der Waals surface area contributed by atoms with Crippen molar-refractivity contribution in [2.75, 3.05) is 19.7 Å². The lowest BCUT2D eigenvalue weighted by Crippen LogP contribution is -2.33. The molecule has 1 aromatic heterocycles. The lowest BCUT2D eigenvalue weighted by Gasteiger charge is -2.24. The molecule has 0 radical (unpaired) electrons. The summed E-state index contributed by atoms with van der Waals surface area (Å²) in [6, 6.07) is 12.6. The number of benzene rings is 1. The summed E-state index contributed by atoms with van der Waals surface area (Å²) in [4.78, 5) is 0. The molecule has 0 saturated carbocycles. The fourth-order valence-electron chi connectivity index (χ4n) is 2.36. The average molecular weight is 269 g/mol. The van der Waals surface area contributed by atoms with Gasteiger partial charge >= 0.3 is 0 Å². The van der Waals surface area contributed by atoms with Crippen LogP contribution >= 0.6 is 0 Å². The molecule has 0 unspecified atom stereocenters. The Balaban J connectivity index is 1.67. The first-order valence-electron chi connectivity index (χ1n) is 7.01. The van der Waals surface area contributed by atoms with Crippen LogP contribution < -0.4 is 5.32 Å². The van der Waals surface area contributed by atoms with Crippen LogP contribution in [0.3, 0.4) is 0 Å². The lowest BCUT2D eigenvalue weighted by atomic mass is 10.0. The maximum atomic E-state index is 5.75. The highest BCUT2D eigenvalue weighted by Gasteiger charge is 2.15. The number of aryl methyl sites for hydroxylation is 1. The number of nitrogens with zero attached hydrogens (tertiary/aromatic N) is 2. The molecule has 4 heteroatoms. The van der Waals surface area contributed by atoms with Crippen LogP contribution in [0.1, 0.15) is 28.6 Å². The van der Waals surface area contributed by atoms with Crippen molar-refractivity contribution >= 4 is 0 Å². The van der Waals surface area contributed by atoms with Crippen LogP contribution in [-0.2, 0) is 11.2 Å². The molecule has 0 bridgehead atoms. The Kier molecular flexibility index (Phi) is 4.04.